The lowest BCUT2D eigenvalue weighted by molar-refractivity contribution is -0.113. The Morgan fingerprint density at radius 1 is 1.13 bits per heavy atom. The van der Waals surface area contributed by atoms with Gasteiger partial charge in [0.2, 0.25) is 6.79 Å². The van der Waals surface area contributed by atoms with Crippen molar-refractivity contribution in [1.82, 2.24) is 0 Å². The van der Waals surface area contributed by atoms with Crippen LogP contribution in [0, 0.1) is 6.92 Å². The summed E-state index contributed by atoms with van der Waals surface area (Å²) in [5.74, 6) is 2.05. The summed E-state index contributed by atoms with van der Waals surface area (Å²) in [4.78, 5) is 19.7. The molecule has 7 heteroatoms. The average molecular weight is 437 g/mol. The van der Waals surface area contributed by atoms with Gasteiger partial charge >= 0.3 is 0 Å². The predicted octanol–water partition coefficient (Wildman–Crippen LogP) is 4.77. The summed E-state index contributed by atoms with van der Waals surface area (Å²) in [5.41, 5.74) is 3.22. The van der Waals surface area contributed by atoms with E-state index in [1.165, 1.54) is 6.42 Å². The van der Waals surface area contributed by atoms with Crippen molar-refractivity contribution in [1.29, 1.82) is 0 Å². The quantitative estimate of drug-likeness (QED) is 0.646. The average Bonchev–Trinajstić information content (AvgIpc) is 3.38. The van der Waals surface area contributed by atoms with Gasteiger partial charge in [0, 0.05) is 12.4 Å². The van der Waals surface area contributed by atoms with Crippen molar-refractivity contribution in [2.75, 3.05) is 24.1 Å². The van der Waals surface area contributed by atoms with E-state index in [-0.39, 0.29) is 18.8 Å². The van der Waals surface area contributed by atoms with Gasteiger partial charge in [-0.15, -0.1) is 0 Å². The minimum atomic E-state index is -0.131. The summed E-state index contributed by atoms with van der Waals surface area (Å²) in [6.07, 6.45) is 5.37. The monoisotopic (exact) mass is 436 g/mol. The van der Waals surface area contributed by atoms with E-state index in [0.29, 0.717) is 22.4 Å². The van der Waals surface area contributed by atoms with Gasteiger partial charge < -0.3 is 14.2 Å². The molecule has 0 N–H and O–H groups in total. The van der Waals surface area contributed by atoms with Crippen molar-refractivity contribution in [2.45, 2.75) is 32.3 Å². The van der Waals surface area contributed by atoms with Crippen molar-refractivity contribution in [2.24, 2.45) is 4.99 Å². The summed E-state index contributed by atoms with van der Waals surface area (Å²) in [7, 11) is 0. The summed E-state index contributed by atoms with van der Waals surface area (Å²) in [6, 6.07) is 13.6. The zero-order valence-corrected chi connectivity index (χ0v) is 18.2. The van der Waals surface area contributed by atoms with Crippen LogP contribution in [-0.4, -0.2) is 36.3 Å². The number of hydrogen-bond acceptors (Lipinski definition) is 6. The third-order valence-electron chi connectivity index (χ3n) is 5.49. The molecule has 0 spiro atoms. The molecule has 160 valence electrons. The fourth-order valence-corrected chi connectivity index (χ4v) is 4.86. The number of nitrogens with zero attached hydrogens (tertiary/aromatic N) is 2. The Kier molecular flexibility index (Phi) is 5.70. The zero-order chi connectivity index (χ0) is 21.2. The molecule has 31 heavy (non-hydrogen) atoms. The Bertz CT molecular complexity index is 1040. The van der Waals surface area contributed by atoms with Crippen LogP contribution in [0.15, 0.2) is 53.2 Å². The van der Waals surface area contributed by atoms with Gasteiger partial charge in [-0.2, -0.15) is 0 Å². The number of aryl methyl sites for hydroxylation is 1. The van der Waals surface area contributed by atoms with Crippen LogP contribution in [0.3, 0.4) is 0 Å². The molecule has 3 heterocycles. The highest BCUT2D eigenvalue weighted by Crippen LogP contribution is 2.35. The van der Waals surface area contributed by atoms with E-state index in [4.69, 9.17) is 19.2 Å². The van der Waals surface area contributed by atoms with E-state index in [9.17, 15) is 4.79 Å². The Balaban J connectivity index is 1.43. The molecule has 1 fully saturated rings. The SMILES string of the molecule is Cc1ccc(N2C(=O)/C(=C\c3ccc4c(c3)OCO4)N=C2SCC2CCCCO2)cc1. The summed E-state index contributed by atoms with van der Waals surface area (Å²) < 4.78 is 16.7. The number of carbonyl (C=O) groups excluding carboxylic acids is 1. The van der Waals surface area contributed by atoms with Crippen molar-refractivity contribution in [3.05, 3.63) is 59.3 Å². The molecule has 3 aliphatic rings. The highest BCUT2D eigenvalue weighted by molar-refractivity contribution is 8.14. The largest absolute Gasteiger partial charge is 0.454 e. The van der Waals surface area contributed by atoms with E-state index in [1.54, 1.807) is 22.7 Å². The zero-order valence-electron chi connectivity index (χ0n) is 17.4. The van der Waals surface area contributed by atoms with Gasteiger partial charge in [-0.25, -0.2) is 4.99 Å². The highest BCUT2D eigenvalue weighted by Gasteiger charge is 2.32. The van der Waals surface area contributed by atoms with Crippen LogP contribution in [0.2, 0.25) is 0 Å². The molecule has 1 atom stereocenters. The number of rotatable bonds is 4. The number of hydrogen-bond donors (Lipinski definition) is 0. The fraction of sp³-hybridized carbons (Fsp3) is 0.333. The molecule has 1 saturated heterocycles. The first-order valence-electron chi connectivity index (χ1n) is 10.5. The van der Waals surface area contributed by atoms with Crippen molar-refractivity contribution < 1.29 is 19.0 Å². The lowest BCUT2D eigenvalue weighted by atomic mass is 10.1. The van der Waals surface area contributed by atoms with Gasteiger partial charge in [-0.1, -0.05) is 35.5 Å². The summed E-state index contributed by atoms with van der Waals surface area (Å²) >= 11 is 1.58. The van der Waals surface area contributed by atoms with Crippen molar-refractivity contribution >= 4 is 34.6 Å². The van der Waals surface area contributed by atoms with Gasteiger partial charge in [0.15, 0.2) is 16.7 Å². The maximum Gasteiger partial charge on any atom is 0.283 e. The number of thioether (sulfide) groups is 1. The topological polar surface area (TPSA) is 60.4 Å². The molecule has 0 aliphatic carbocycles. The maximum atomic E-state index is 13.3. The molecule has 1 amide bonds. The second-order valence-electron chi connectivity index (χ2n) is 7.81. The Hall–Kier alpha value is -2.77. The number of aliphatic imine (C=N–C) groups is 1. The second-order valence-corrected chi connectivity index (χ2v) is 8.80. The number of fused-ring (bicyclic) bond motifs is 1. The Morgan fingerprint density at radius 3 is 2.77 bits per heavy atom. The van der Waals surface area contributed by atoms with Crippen molar-refractivity contribution in [3.63, 3.8) is 0 Å². The number of amidine groups is 1. The second kappa shape index (κ2) is 8.77. The summed E-state index contributed by atoms with van der Waals surface area (Å²) in [6.45, 7) is 3.07. The van der Waals surface area contributed by atoms with E-state index < -0.39 is 0 Å². The van der Waals surface area contributed by atoms with Crippen LogP contribution < -0.4 is 14.4 Å². The predicted molar refractivity (Wildman–Crippen MR) is 123 cm³/mol. The Labute approximate surface area is 185 Å². The molecule has 5 rings (SSSR count). The van der Waals surface area contributed by atoms with Crippen LogP contribution in [0.4, 0.5) is 5.69 Å². The molecular formula is C24H24N2O4S. The van der Waals surface area contributed by atoms with E-state index in [2.05, 4.69) is 0 Å². The minimum Gasteiger partial charge on any atom is -0.454 e. The molecular weight excluding hydrogens is 412 g/mol. The minimum absolute atomic E-state index is 0.131. The first-order valence-corrected chi connectivity index (χ1v) is 11.5. The van der Waals surface area contributed by atoms with Crippen LogP contribution in [0.25, 0.3) is 6.08 Å². The van der Waals surface area contributed by atoms with E-state index in [1.807, 2.05) is 49.4 Å². The fourth-order valence-electron chi connectivity index (χ4n) is 3.78. The smallest absolute Gasteiger partial charge is 0.283 e. The molecule has 2 aromatic rings. The Morgan fingerprint density at radius 2 is 1.97 bits per heavy atom. The number of ether oxygens (including phenoxy) is 3. The molecule has 0 aromatic heterocycles. The third-order valence-corrected chi connectivity index (χ3v) is 6.56. The normalized spacial score (nSPS) is 21.6. The van der Waals surface area contributed by atoms with Crippen LogP contribution >= 0.6 is 11.8 Å². The van der Waals surface area contributed by atoms with Crippen LogP contribution in [0.5, 0.6) is 11.5 Å². The van der Waals surface area contributed by atoms with Gasteiger partial charge in [0.25, 0.3) is 5.91 Å². The van der Waals surface area contributed by atoms with Crippen LogP contribution in [0.1, 0.15) is 30.4 Å². The summed E-state index contributed by atoms with van der Waals surface area (Å²) in [5, 5.41) is 0.690. The first-order chi connectivity index (χ1) is 15.2. The number of benzene rings is 2. The molecule has 0 radical (unpaired) electrons. The third kappa shape index (κ3) is 4.34. The number of anilines is 1. The van der Waals surface area contributed by atoms with Gasteiger partial charge in [-0.05, 0) is 62.1 Å². The van der Waals surface area contributed by atoms with Gasteiger partial charge in [-0.3, -0.25) is 9.69 Å². The molecule has 6 nitrogen and oxygen atoms in total. The lowest BCUT2D eigenvalue weighted by Crippen LogP contribution is -2.31. The first kappa shape index (κ1) is 20.2. The molecule has 0 saturated carbocycles. The molecule has 3 aliphatic heterocycles. The number of carbonyl (C=O) groups is 1. The van der Waals surface area contributed by atoms with Crippen molar-refractivity contribution in [3.8, 4) is 11.5 Å². The maximum absolute atomic E-state index is 13.3. The highest BCUT2D eigenvalue weighted by atomic mass is 32.2. The van der Waals surface area contributed by atoms with Gasteiger partial charge in [0.1, 0.15) is 5.70 Å². The molecule has 0 bridgehead atoms. The van der Waals surface area contributed by atoms with E-state index >= 15 is 0 Å². The number of amides is 1. The van der Waals surface area contributed by atoms with Crippen LogP contribution in [-0.2, 0) is 9.53 Å². The molecule has 2 aromatic carbocycles. The molecule has 1 unspecified atom stereocenters. The lowest BCUT2D eigenvalue weighted by Gasteiger charge is -2.23. The van der Waals surface area contributed by atoms with Gasteiger partial charge in [0.05, 0.1) is 11.8 Å². The standard InChI is InChI=1S/C24H24N2O4S/c1-16-5-8-18(9-6-16)26-23(27)20(12-17-7-10-21-22(13-17)30-15-29-21)25-24(26)31-14-19-4-2-3-11-28-19/h5-10,12-13,19H,2-4,11,14-15H2,1H3/b20-12+. The van der Waals surface area contributed by atoms with E-state index in [0.717, 1.165) is 42.0 Å².